The minimum Gasteiger partial charge on any atom is -0.481 e. The second-order valence-electron chi connectivity index (χ2n) is 6.44. The van der Waals surface area contributed by atoms with Crippen molar-refractivity contribution in [1.82, 2.24) is 0 Å². The van der Waals surface area contributed by atoms with E-state index in [1.165, 1.54) is 12.1 Å². The van der Waals surface area contributed by atoms with Gasteiger partial charge in [0.15, 0.2) is 0 Å². The van der Waals surface area contributed by atoms with E-state index in [1.54, 1.807) is 0 Å². The number of aryl methyl sites for hydroxylation is 1. The lowest BCUT2D eigenvalue weighted by Gasteiger charge is -2.14. The van der Waals surface area contributed by atoms with Crippen LogP contribution in [0.2, 0.25) is 0 Å². The number of benzene rings is 1. The van der Waals surface area contributed by atoms with Gasteiger partial charge in [0.05, 0.1) is 10.8 Å². The highest BCUT2D eigenvalue weighted by Crippen LogP contribution is 2.26. The molecule has 1 unspecified atom stereocenters. The number of anilines is 1. The quantitative estimate of drug-likeness (QED) is 0.196. The van der Waals surface area contributed by atoms with Gasteiger partial charge in [-0.15, -0.1) is 5.23 Å². The summed E-state index contributed by atoms with van der Waals surface area (Å²) >= 11 is 0. The van der Waals surface area contributed by atoms with Gasteiger partial charge in [0, 0.05) is 17.1 Å². The normalized spacial score (nSPS) is 11.6. The van der Waals surface area contributed by atoms with E-state index in [9.17, 15) is 40.5 Å². The lowest BCUT2D eigenvalue weighted by atomic mass is 9.93. The Morgan fingerprint density at radius 2 is 1.86 bits per heavy atom. The van der Waals surface area contributed by atoms with Gasteiger partial charge in [0.25, 0.3) is 5.69 Å². The lowest BCUT2D eigenvalue weighted by molar-refractivity contribution is -0.471. The number of nitro groups is 2. The second kappa shape index (κ2) is 10.9. The largest absolute Gasteiger partial charge is 0.481 e. The molecule has 11 heteroatoms. The maximum absolute atomic E-state index is 11.3. The summed E-state index contributed by atoms with van der Waals surface area (Å²) in [5.41, 5.74) is 0.406. The van der Waals surface area contributed by atoms with E-state index in [4.69, 9.17) is 0 Å². The highest BCUT2D eigenvalue weighted by atomic mass is 16.8. The number of unbranched alkanes of at least 4 members (excludes halogenated alkanes) is 2. The fraction of sp³-hybridized carbons (Fsp3) is 0.471. The third-order valence-electron chi connectivity index (χ3n) is 4.23. The van der Waals surface area contributed by atoms with Gasteiger partial charge >= 0.3 is 5.97 Å². The number of rotatable bonds is 13. The number of carbonyl (C=O) groups is 1. The van der Waals surface area contributed by atoms with Crippen molar-refractivity contribution in [1.29, 1.82) is 0 Å². The molecule has 0 fully saturated rings. The molecule has 1 aromatic rings. The second-order valence-corrected chi connectivity index (χ2v) is 6.44. The van der Waals surface area contributed by atoms with Crippen LogP contribution in [0.4, 0.5) is 11.4 Å². The number of nitro benzene ring substituents is 1. The van der Waals surface area contributed by atoms with Crippen LogP contribution in [0.25, 0.3) is 0 Å². The van der Waals surface area contributed by atoms with Crippen LogP contribution in [-0.4, -0.2) is 37.9 Å². The van der Waals surface area contributed by atoms with E-state index < -0.39 is 28.3 Å². The number of aliphatic carboxylic acids is 1. The lowest BCUT2D eigenvalue weighted by Crippen LogP contribution is -2.17. The minimum atomic E-state index is -1.03. The smallest absolute Gasteiger partial charge is 0.306 e. The summed E-state index contributed by atoms with van der Waals surface area (Å²) in [6.45, 7) is 3.09. The number of non-ortho nitro benzene ring substituents is 1. The van der Waals surface area contributed by atoms with Crippen molar-refractivity contribution >= 4 is 17.3 Å². The molecule has 0 aliphatic heterocycles. The molecule has 0 aliphatic rings. The first-order valence-corrected chi connectivity index (χ1v) is 8.58. The fourth-order valence-electron chi connectivity index (χ4n) is 2.85. The maximum Gasteiger partial charge on any atom is 0.306 e. The van der Waals surface area contributed by atoms with Crippen molar-refractivity contribution in [2.45, 2.75) is 38.5 Å². The summed E-state index contributed by atoms with van der Waals surface area (Å²) in [7, 11) is 0. The van der Waals surface area contributed by atoms with Gasteiger partial charge in [0.1, 0.15) is 5.69 Å². The molecular weight excluding hydrogens is 374 g/mol. The first-order valence-electron chi connectivity index (χ1n) is 8.58. The van der Waals surface area contributed by atoms with Gasteiger partial charge in [-0.2, -0.15) is 0 Å². The molecule has 1 rings (SSSR count). The third kappa shape index (κ3) is 7.68. The van der Waals surface area contributed by atoms with Gasteiger partial charge in [-0.3, -0.25) is 35.4 Å². The summed E-state index contributed by atoms with van der Waals surface area (Å²) in [5.74, 6) is -1.77. The van der Waals surface area contributed by atoms with Gasteiger partial charge in [0.2, 0.25) is 6.54 Å². The number of hydrogen-bond acceptors (Lipinski definition) is 8. The molecule has 3 N–H and O–H groups in total. The molecule has 11 nitrogen and oxygen atoms in total. The zero-order valence-electron chi connectivity index (χ0n) is 15.2. The van der Waals surface area contributed by atoms with Crippen molar-refractivity contribution in [2.24, 2.45) is 5.92 Å². The Morgan fingerprint density at radius 1 is 1.18 bits per heavy atom. The summed E-state index contributed by atoms with van der Waals surface area (Å²) in [5, 5.41) is 48.8. The Bertz CT molecular complexity index is 735. The number of carboxylic acid groups (broad SMARTS) is 1. The van der Waals surface area contributed by atoms with Crippen LogP contribution >= 0.6 is 0 Å². The molecule has 154 valence electrons. The maximum atomic E-state index is 11.3. The van der Waals surface area contributed by atoms with Crippen LogP contribution in [0.3, 0.4) is 0 Å². The van der Waals surface area contributed by atoms with Crippen molar-refractivity contribution in [3.8, 4) is 0 Å². The predicted octanol–water partition coefficient (Wildman–Crippen LogP) is 3.21. The minimum absolute atomic E-state index is 0.0484. The Hall–Kier alpha value is -3.05. The van der Waals surface area contributed by atoms with Crippen molar-refractivity contribution in [3.63, 3.8) is 0 Å². The zero-order valence-corrected chi connectivity index (χ0v) is 15.2. The van der Waals surface area contributed by atoms with E-state index >= 15 is 0 Å². The first-order chi connectivity index (χ1) is 13.1. The molecule has 28 heavy (non-hydrogen) atoms. The topological polar surface area (TPSA) is 167 Å². The third-order valence-corrected chi connectivity index (χ3v) is 4.23. The summed E-state index contributed by atoms with van der Waals surface area (Å²) < 4.78 is 0. The number of hydrogen-bond donors (Lipinski definition) is 3. The summed E-state index contributed by atoms with van der Waals surface area (Å²) in [4.78, 5) is 31.3. The first kappa shape index (κ1) is 23.0. The monoisotopic (exact) mass is 397 g/mol. The molecule has 0 spiro atoms. The SMILES string of the molecule is C=C(CC(CCCCCc1ccc([N+](=O)[O-])cc1N(O)O)C(=O)O)C[N+](=O)[O-]. The van der Waals surface area contributed by atoms with Gasteiger partial charge in [-0.05, 0) is 42.9 Å². The van der Waals surface area contributed by atoms with Gasteiger partial charge in [-0.25, -0.2) is 0 Å². The van der Waals surface area contributed by atoms with Crippen LogP contribution in [0.1, 0.15) is 37.7 Å². The molecule has 1 aromatic carbocycles. The molecule has 0 radical (unpaired) electrons. The fourth-order valence-corrected chi connectivity index (χ4v) is 2.85. The van der Waals surface area contributed by atoms with Crippen LogP contribution < -0.4 is 5.23 Å². The molecule has 0 aliphatic carbocycles. The van der Waals surface area contributed by atoms with E-state index in [2.05, 4.69) is 6.58 Å². The van der Waals surface area contributed by atoms with Crippen LogP contribution in [0, 0.1) is 26.1 Å². The van der Waals surface area contributed by atoms with Gasteiger partial charge in [-0.1, -0.05) is 19.4 Å². The van der Waals surface area contributed by atoms with Crippen LogP contribution in [0.5, 0.6) is 0 Å². The van der Waals surface area contributed by atoms with Gasteiger partial charge < -0.3 is 5.11 Å². The van der Waals surface area contributed by atoms with Crippen molar-refractivity contribution in [2.75, 3.05) is 11.8 Å². The molecule has 1 atom stereocenters. The van der Waals surface area contributed by atoms with E-state index in [0.717, 1.165) is 6.07 Å². The summed E-state index contributed by atoms with van der Waals surface area (Å²) in [6.07, 6.45) is 2.60. The Kier molecular flexibility index (Phi) is 8.99. The van der Waals surface area contributed by atoms with Crippen molar-refractivity contribution < 1.29 is 30.2 Å². The van der Waals surface area contributed by atoms with Crippen LogP contribution in [0.15, 0.2) is 30.4 Å². The number of carboxylic acids is 1. The van der Waals surface area contributed by atoms with E-state index in [0.29, 0.717) is 37.7 Å². The molecule has 0 amide bonds. The molecular formula is C17H23N3O8. The average molecular weight is 397 g/mol. The highest BCUT2D eigenvalue weighted by Gasteiger charge is 2.20. The number of nitrogens with zero attached hydrogens (tertiary/aromatic N) is 3. The standard InChI is InChI=1S/C17H23N3O8/c1-12(11-18(23)24)9-14(17(21)22)6-4-2-3-5-13-7-8-15(19(25)26)10-16(13)20(27)28/h7-8,10,14,27-28H,1-6,9,11H2,(H,21,22). The molecule has 0 saturated carbocycles. The average Bonchev–Trinajstić information content (AvgIpc) is 2.59. The molecule has 0 saturated heterocycles. The van der Waals surface area contributed by atoms with Crippen molar-refractivity contribution in [3.05, 3.63) is 56.1 Å². The highest BCUT2D eigenvalue weighted by molar-refractivity contribution is 5.70. The molecule has 0 bridgehead atoms. The Balaban J connectivity index is 2.53. The molecule has 0 aromatic heterocycles. The molecule has 0 heterocycles. The van der Waals surface area contributed by atoms with E-state index in [1.807, 2.05) is 0 Å². The predicted molar refractivity (Wildman–Crippen MR) is 98.1 cm³/mol. The Morgan fingerprint density at radius 3 is 2.39 bits per heavy atom. The Labute approximate surface area is 160 Å². The zero-order chi connectivity index (χ0) is 21.3. The van der Waals surface area contributed by atoms with E-state index in [-0.39, 0.29) is 28.6 Å². The summed E-state index contributed by atoms with van der Waals surface area (Å²) in [6, 6.07) is 3.76. The van der Waals surface area contributed by atoms with Crippen LogP contribution in [-0.2, 0) is 11.2 Å².